The lowest BCUT2D eigenvalue weighted by Gasteiger charge is -2.06. The van der Waals surface area contributed by atoms with E-state index in [1.807, 2.05) is 35.8 Å². The summed E-state index contributed by atoms with van der Waals surface area (Å²) < 4.78 is 30.8. The van der Waals surface area contributed by atoms with Crippen LogP contribution in [0.4, 0.5) is 0 Å². The van der Waals surface area contributed by atoms with E-state index in [9.17, 15) is 8.42 Å². The maximum Gasteiger partial charge on any atom is 0.214 e. The number of oxazole rings is 1. The highest BCUT2D eigenvalue weighted by atomic mass is 32.2. The first-order valence-corrected chi connectivity index (χ1v) is 9.08. The van der Waals surface area contributed by atoms with Crippen LogP contribution >= 0.6 is 0 Å². The molecule has 0 amide bonds. The predicted molar refractivity (Wildman–Crippen MR) is 83.3 cm³/mol. The molecule has 3 rings (SSSR count). The maximum absolute atomic E-state index is 11.6. The summed E-state index contributed by atoms with van der Waals surface area (Å²) >= 11 is 0. The fourth-order valence-electron chi connectivity index (χ4n) is 2.37. The number of benzene rings is 1. The summed E-state index contributed by atoms with van der Waals surface area (Å²) in [5.41, 5.74) is 1.64. The minimum Gasteiger partial charge on any atom is -0.444 e. The van der Waals surface area contributed by atoms with Crippen molar-refractivity contribution in [2.24, 2.45) is 0 Å². The molecule has 7 heteroatoms. The van der Waals surface area contributed by atoms with Gasteiger partial charge in [-0.25, -0.2) is 18.4 Å². The van der Waals surface area contributed by atoms with E-state index < -0.39 is 9.84 Å². The largest absolute Gasteiger partial charge is 0.444 e. The second-order valence-electron chi connectivity index (χ2n) is 5.25. The van der Waals surface area contributed by atoms with Crippen molar-refractivity contribution in [1.29, 1.82) is 0 Å². The molecule has 0 atom stereocenters. The first-order valence-electron chi connectivity index (χ1n) is 7.01. The summed E-state index contributed by atoms with van der Waals surface area (Å²) in [6, 6.07) is 7.56. The Labute approximate surface area is 128 Å². The highest BCUT2D eigenvalue weighted by molar-refractivity contribution is 7.89. The lowest BCUT2D eigenvalue weighted by atomic mass is 10.3. The van der Waals surface area contributed by atoms with Gasteiger partial charge in [-0.2, -0.15) is 0 Å². The molecule has 0 aliphatic rings. The van der Waals surface area contributed by atoms with E-state index >= 15 is 0 Å². The number of para-hydroxylation sites is 2. The summed E-state index contributed by atoms with van der Waals surface area (Å²) in [7, 11) is -3.17. The van der Waals surface area contributed by atoms with E-state index in [4.69, 9.17) is 4.42 Å². The van der Waals surface area contributed by atoms with Gasteiger partial charge < -0.3 is 8.98 Å². The third kappa shape index (κ3) is 3.04. The van der Waals surface area contributed by atoms with E-state index in [0.29, 0.717) is 18.3 Å². The Morgan fingerprint density at radius 2 is 2.05 bits per heavy atom. The van der Waals surface area contributed by atoms with Crippen LogP contribution in [0.2, 0.25) is 0 Å². The lowest BCUT2D eigenvalue weighted by molar-refractivity contribution is 0.446. The molecule has 116 valence electrons. The summed E-state index contributed by atoms with van der Waals surface area (Å²) in [5.74, 6) is 1.75. The Bertz CT molecular complexity index is 909. The Morgan fingerprint density at radius 3 is 2.73 bits per heavy atom. The van der Waals surface area contributed by atoms with Crippen LogP contribution in [0.5, 0.6) is 0 Å². The molecule has 2 aromatic heterocycles. The molecule has 3 aromatic rings. The fraction of sp³-hybridized carbons (Fsp3) is 0.333. The molecular formula is C15H17N3O3S. The number of fused-ring (bicyclic) bond motifs is 1. The quantitative estimate of drug-likeness (QED) is 0.720. The van der Waals surface area contributed by atoms with Gasteiger partial charge in [-0.05, 0) is 12.1 Å². The van der Waals surface area contributed by atoms with Gasteiger partial charge >= 0.3 is 0 Å². The van der Waals surface area contributed by atoms with Crippen LogP contribution < -0.4 is 0 Å². The Kier molecular flexibility index (Phi) is 3.74. The van der Waals surface area contributed by atoms with Crippen molar-refractivity contribution in [3.05, 3.63) is 47.9 Å². The highest BCUT2D eigenvalue weighted by Crippen LogP contribution is 2.19. The average molecular weight is 319 g/mol. The zero-order valence-electron chi connectivity index (χ0n) is 12.5. The van der Waals surface area contributed by atoms with Crippen LogP contribution in [0.3, 0.4) is 0 Å². The van der Waals surface area contributed by atoms with Crippen LogP contribution in [0.25, 0.3) is 11.0 Å². The minimum atomic E-state index is -3.17. The van der Waals surface area contributed by atoms with Gasteiger partial charge in [0.2, 0.25) is 5.89 Å². The minimum absolute atomic E-state index is 0.108. The second kappa shape index (κ2) is 5.57. The van der Waals surface area contributed by atoms with Gasteiger partial charge in [0.15, 0.2) is 9.84 Å². The molecule has 1 aromatic carbocycles. The number of aryl methyl sites for hydroxylation is 1. The van der Waals surface area contributed by atoms with Gasteiger partial charge in [-0.3, -0.25) is 0 Å². The number of hydrogen-bond donors (Lipinski definition) is 0. The van der Waals surface area contributed by atoms with Gasteiger partial charge in [0.1, 0.15) is 23.9 Å². The van der Waals surface area contributed by atoms with Crippen molar-refractivity contribution in [2.75, 3.05) is 6.26 Å². The van der Waals surface area contributed by atoms with Crippen molar-refractivity contribution in [3.8, 4) is 0 Å². The zero-order chi connectivity index (χ0) is 15.7. The van der Waals surface area contributed by atoms with Crippen LogP contribution in [-0.2, 0) is 28.6 Å². The van der Waals surface area contributed by atoms with Crippen molar-refractivity contribution in [3.63, 3.8) is 0 Å². The summed E-state index contributed by atoms with van der Waals surface area (Å²) in [4.78, 5) is 8.68. The lowest BCUT2D eigenvalue weighted by Crippen LogP contribution is -2.10. The smallest absolute Gasteiger partial charge is 0.214 e. The molecule has 0 radical (unpaired) electrons. The zero-order valence-corrected chi connectivity index (χ0v) is 13.3. The van der Waals surface area contributed by atoms with Crippen LogP contribution in [0, 0.1) is 0 Å². The third-order valence-electron chi connectivity index (χ3n) is 3.37. The molecule has 0 saturated carbocycles. The average Bonchev–Trinajstić information content (AvgIpc) is 3.03. The topological polar surface area (TPSA) is 78.0 Å². The number of aromatic nitrogens is 3. The van der Waals surface area contributed by atoms with Gasteiger partial charge in [0.05, 0.1) is 17.2 Å². The first-order chi connectivity index (χ1) is 10.5. The third-order valence-corrected chi connectivity index (χ3v) is 4.15. The number of rotatable bonds is 5. The molecular weight excluding hydrogens is 302 g/mol. The summed E-state index contributed by atoms with van der Waals surface area (Å²) in [5, 5.41) is 0. The predicted octanol–water partition coefficient (Wildman–Crippen LogP) is 2.18. The Morgan fingerprint density at radius 1 is 1.27 bits per heavy atom. The fourth-order valence-corrected chi connectivity index (χ4v) is 3.06. The number of hydrogen-bond acceptors (Lipinski definition) is 5. The summed E-state index contributed by atoms with van der Waals surface area (Å²) in [6.07, 6.45) is 3.68. The summed E-state index contributed by atoms with van der Waals surface area (Å²) in [6.45, 7) is 2.36. The number of imidazole rings is 1. The molecule has 0 fully saturated rings. The second-order valence-corrected chi connectivity index (χ2v) is 7.39. The van der Waals surface area contributed by atoms with Crippen LogP contribution in [0.15, 0.2) is 34.9 Å². The Hall–Kier alpha value is -2.15. The normalized spacial score (nSPS) is 12.1. The van der Waals surface area contributed by atoms with Gasteiger partial charge in [0.25, 0.3) is 0 Å². The van der Waals surface area contributed by atoms with E-state index in [-0.39, 0.29) is 5.75 Å². The van der Waals surface area contributed by atoms with E-state index in [0.717, 1.165) is 23.2 Å². The molecule has 22 heavy (non-hydrogen) atoms. The van der Waals surface area contributed by atoms with Crippen molar-refractivity contribution in [1.82, 2.24) is 14.5 Å². The van der Waals surface area contributed by atoms with Gasteiger partial charge in [-0.15, -0.1) is 0 Å². The maximum atomic E-state index is 11.6. The first kappa shape index (κ1) is 14.8. The van der Waals surface area contributed by atoms with Crippen molar-refractivity contribution >= 4 is 20.9 Å². The molecule has 0 saturated heterocycles. The van der Waals surface area contributed by atoms with Gasteiger partial charge in [-0.1, -0.05) is 19.1 Å². The molecule has 0 bridgehead atoms. The number of nitrogens with zero attached hydrogens (tertiary/aromatic N) is 3. The van der Waals surface area contributed by atoms with Gasteiger partial charge in [0, 0.05) is 12.7 Å². The molecule has 0 aliphatic heterocycles. The Balaban J connectivity index is 2.06. The SMILES string of the molecule is CCc1cnc(Cn2c(CS(C)(=O)=O)nc3ccccc32)o1. The monoisotopic (exact) mass is 319 g/mol. The molecule has 0 spiro atoms. The van der Waals surface area contributed by atoms with E-state index in [1.165, 1.54) is 6.26 Å². The van der Waals surface area contributed by atoms with Crippen molar-refractivity contribution < 1.29 is 12.8 Å². The van der Waals surface area contributed by atoms with E-state index in [1.54, 1.807) is 6.20 Å². The number of sulfone groups is 1. The molecule has 0 N–H and O–H groups in total. The highest BCUT2D eigenvalue weighted by Gasteiger charge is 2.16. The van der Waals surface area contributed by atoms with E-state index in [2.05, 4.69) is 9.97 Å². The standard InChI is InChI=1S/C15H17N3O3S/c1-3-11-8-16-15(21-11)9-18-13-7-5-4-6-12(13)17-14(18)10-22(2,19)20/h4-8H,3,9-10H2,1-2H3. The van der Waals surface area contributed by atoms with Crippen LogP contribution in [-0.4, -0.2) is 29.2 Å². The molecule has 6 nitrogen and oxygen atoms in total. The van der Waals surface area contributed by atoms with Crippen molar-refractivity contribution in [2.45, 2.75) is 25.6 Å². The molecule has 2 heterocycles. The van der Waals surface area contributed by atoms with Crippen LogP contribution in [0.1, 0.15) is 24.4 Å². The molecule has 0 unspecified atom stereocenters. The molecule has 0 aliphatic carbocycles.